The molecule has 0 bridgehead atoms. The van der Waals surface area contributed by atoms with Gasteiger partial charge in [-0.05, 0) is 26.0 Å². The molecule has 20 heavy (non-hydrogen) atoms. The Morgan fingerprint density at radius 3 is 2.25 bits per heavy atom. The molecule has 3 amide bonds. The Labute approximate surface area is 116 Å². The summed E-state index contributed by atoms with van der Waals surface area (Å²) in [6, 6.07) is 7.70. The molecule has 1 aromatic carbocycles. The first-order valence-corrected chi connectivity index (χ1v) is 5.92. The van der Waals surface area contributed by atoms with E-state index in [1.807, 2.05) is 11.4 Å². The third-order valence-electron chi connectivity index (χ3n) is 2.30. The van der Waals surface area contributed by atoms with Crippen molar-refractivity contribution in [2.45, 2.75) is 26.1 Å². The summed E-state index contributed by atoms with van der Waals surface area (Å²) in [5.74, 6) is -1.01. The number of hydrogen-bond acceptors (Lipinski definition) is 5. The number of urea groups is 1. The molecular formula is C13H16N2O5. The molecule has 108 valence electrons. The van der Waals surface area contributed by atoms with E-state index in [9.17, 15) is 14.4 Å². The van der Waals surface area contributed by atoms with Gasteiger partial charge in [-0.3, -0.25) is 10.1 Å². The number of amides is 3. The maximum Gasteiger partial charge on any atom is 0.347 e. The number of carbonyl (C=O) groups excluding carboxylic acids is 3. The number of rotatable bonds is 5. The van der Waals surface area contributed by atoms with Crippen LogP contribution in [0.3, 0.4) is 0 Å². The van der Waals surface area contributed by atoms with Gasteiger partial charge in [0.15, 0.2) is 12.2 Å². The molecule has 7 nitrogen and oxygen atoms in total. The highest BCUT2D eigenvalue weighted by atomic mass is 16.6. The fourth-order valence-electron chi connectivity index (χ4n) is 1.30. The number of benzene rings is 1. The fraction of sp³-hybridized carbons (Fsp3) is 0.308. The smallest absolute Gasteiger partial charge is 0.347 e. The molecule has 0 saturated heterocycles. The van der Waals surface area contributed by atoms with E-state index in [1.165, 1.54) is 13.8 Å². The Hall–Kier alpha value is -2.57. The van der Waals surface area contributed by atoms with Crippen molar-refractivity contribution in [2.24, 2.45) is 5.73 Å². The molecule has 0 aliphatic carbocycles. The van der Waals surface area contributed by atoms with Gasteiger partial charge in [-0.15, -0.1) is 0 Å². The molecule has 0 spiro atoms. The highest BCUT2D eigenvalue weighted by Crippen LogP contribution is 2.11. The van der Waals surface area contributed by atoms with Crippen LogP contribution in [0, 0.1) is 0 Å². The number of carbonyl (C=O) groups is 3. The number of nitrogens with two attached hydrogens (primary N) is 1. The maximum atomic E-state index is 11.7. The first-order valence-electron chi connectivity index (χ1n) is 5.92. The van der Waals surface area contributed by atoms with Crippen LogP contribution in [0.2, 0.25) is 0 Å². The van der Waals surface area contributed by atoms with Crippen molar-refractivity contribution in [3.63, 3.8) is 0 Å². The van der Waals surface area contributed by atoms with Gasteiger partial charge >= 0.3 is 12.0 Å². The van der Waals surface area contributed by atoms with E-state index in [0.29, 0.717) is 5.75 Å². The number of imide groups is 1. The average molecular weight is 280 g/mol. The van der Waals surface area contributed by atoms with Crippen molar-refractivity contribution in [1.29, 1.82) is 0 Å². The Kier molecular flexibility index (Phi) is 5.52. The van der Waals surface area contributed by atoms with Crippen molar-refractivity contribution in [1.82, 2.24) is 5.32 Å². The highest BCUT2D eigenvalue weighted by molar-refractivity contribution is 5.96. The predicted octanol–water partition coefficient (Wildman–Crippen LogP) is 0.581. The van der Waals surface area contributed by atoms with Gasteiger partial charge in [-0.2, -0.15) is 0 Å². The van der Waals surface area contributed by atoms with Crippen molar-refractivity contribution in [3.8, 4) is 5.75 Å². The van der Waals surface area contributed by atoms with Crippen molar-refractivity contribution >= 4 is 17.9 Å². The SMILES string of the molecule is C[C@H](Oc1ccccc1)C(=O)O[C@H](C)C(=O)NC(N)=O. The maximum absolute atomic E-state index is 11.7. The number of primary amides is 1. The fourth-order valence-corrected chi connectivity index (χ4v) is 1.30. The molecule has 1 rings (SSSR count). The van der Waals surface area contributed by atoms with Gasteiger partial charge in [0.25, 0.3) is 5.91 Å². The molecule has 0 unspecified atom stereocenters. The zero-order valence-corrected chi connectivity index (χ0v) is 11.2. The van der Waals surface area contributed by atoms with Crippen LogP contribution in [0.1, 0.15) is 13.8 Å². The van der Waals surface area contributed by atoms with E-state index in [4.69, 9.17) is 15.2 Å². The van der Waals surface area contributed by atoms with E-state index >= 15 is 0 Å². The second kappa shape index (κ2) is 7.13. The summed E-state index contributed by atoms with van der Waals surface area (Å²) >= 11 is 0. The molecule has 2 atom stereocenters. The molecule has 0 aromatic heterocycles. The monoisotopic (exact) mass is 280 g/mol. The third kappa shape index (κ3) is 4.97. The quantitative estimate of drug-likeness (QED) is 0.767. The first kappa shape index (κ1) is 15.5. The van der Waals surface area contributed by atoms with Gasteiger partial charge in [0, 0.05) is 0 Å². The summed E-state index contributed by atoms with van der Waals surface area (Å²) in [6.45, 7) is 2.82. The van der Waals surface area contributed by atoms with Crippen molar-refractivity contribution in [2.75, 3.05) is 0 Å². The lowest BCUT2D eigenvalue weighted by Crippen LogP contribution is -2.43. The zero-order chi connectivity index (χ0) is 15.1. The van der Waals surface area contributed by atoms with Crippen LogP contribution < -0.4 is 15.8 Å². The third-order valence-corrected chi connectivity index (χ3v) is 2.30. The standard InChI is InChI=1S/C13H16N2O5/c1-8(11(16)15-13(14)18)20-12(17)9(2)19-10-6-4-3-5-7-10/h3-9H,1-2H3,(H3,14,15,16,18)/t8-,9+/m1/s1. The average Bonchev–Trinajstić information content (AvgIpc) is 2.38. The number of ether oxygens (including phenoxy) is 2. The molecule has 7 heteroatoms. The Morgan fingerprint density at radius 1 is 1.10 bits per heavy atom. The topological polar surface area (TPSA) is 108 Å². The Balaban J connectivity index is 2.49. The van der Waals surface area contributed by atoms with Gasteiger partial charge in [0.05, 0.1) is 0 Å². The summed E-state index contributed by atoms with van der Waals surface area (Å²) in [5.41, 5.74) is 4.79. The molecule has 1 aromatic rings. The lowest BCUT2D eigenvalue weighted by atomic mass is 10.3. The summed E-state index contributed by atoms with van der Waals surface area (Å²) in [7, 11) is 0. The second-order valence-corrected chi connectivity index (χ2v) is 4.01. The lowest BCUT2D eigenvalue weighted by molar-refractivity contribution is -0.160. The summed E-state index contributed by atoms with van der Waals surface area (Å²) < 4.78 is 10.2. The van der Waals surface area contributed by atoms with Crippen LogP contribution in [-0.2, 0) is 14.3 Å². The lowest BCUT2D eigenvalue weighted by Gasteiger charge is -2.17. The van der Waals surface area contributed by atoms with E-state index in [2.05, 4.69) is 0 Å². The summed E-state index contributed by atoms with van der Waals surface area (Å²) in [5, 5.41) is 1.82. The molecule has 3 N–H and O–H groups in total. The van der Waals surface area contributed by atoms with Crippen LogP contribution in [0.25, 0.3) is 0 Å². The summed E-state index contributed by atoms with van der Waals surface area (Å²) in [6.07, 6.45) is -2.03. The van der Waals surface area contributed by atoms with E-state index < -0.39 is 30.1 Å². The molecule has 0 heterocycles. The predicted molar refractivity (Wildman–Crippen MR) is 69.8 cm³/mol. The van der Waals surface area contributed by atoms with Gasteiger partial charge in [0.2, 0.25) is 0 Å². The first-order chi connectivity index (χ1) is 9.40. The minimum Gasteiger partial charge on any atom is -0.479 e. The van der Waals surface area contributed by atoms with Crippen LogP contribution in [0.15, 0.2) is 30.3 Å². The van der Waals surface area contributed by atoms with E-state index in [-0.39, 0.29) is 0 Å². The van der Waals surface area contributed by atoms with Crippen LogP contribution in [-0.4, -0.2) is 30.1 Å². The largest absolute Gasteiger partial charge is 0.479 e. The van der Waals surface area contributed by atoms with Gasteiger partial charge < -0.3 is 15.2 Å². The highest BCUT2D eigenvalue weighted by Gasteiger charge is 2.23. The summed E-state index contributed by atoms with van der Waals surface area (Å²) in [4.78, 5) is 33.5. The van der Waals surface area contributed by atoms with Crippen LogP contribution in [0.4, 0.5) is 4.79 Å². The second-order valence-electron chi connectivity index (χ2n) is 4.01. The van der Waals surface area contributed by atoms with E-state index in [0.717, 1.165) is 0 Å². The van der Waals surface area contributed by atoms with Crippen LogP contribution in [0.5, 0.6) is 5.75 Å². The number of nitrogens with one attached hydrogen (secondary N) is 1. The molecular weight excluding hydrogens is 264 g/mol. The number of hydrogen-bond donors (Lipinski definition) is 2. The zero-order valence-electron chi connectivity index (χ0n) is 11.2. The number of para-hydroxylation sites is 1. The molecule has 0 radical (unpaired) electrons. The van der Waals surface area contributed by atoms with Gasteiger partial charge in [0.1, 0.15) is 5.75 Å². The Morgan fingerprint density at radius 2 is 1.70 bits per heavy atom. The van der Waals surface area contributed by atoms with Crippen LogP contribution >= 0.6 is 0 Å². The van der Waals surface area contributed by atoms with Gasteiger partial charge in [-0.1, -0.05) is 18.2 Å². The minimum absolute atomic E-state index is 0.506. The van der Waals surface area contributed by atoms with E-state index in [1.54, 1.807) is 24.3 Å². The molecule has 0 saturated carbocycles. The molecule has 0 aliphatic rings. The minimum atomic E-state index is -1.14. The number of esters is 1. The van der Waals surface area contributed by atoms with Crippen molar-refractivity contribution < 1.29 is 23.9 Å². The normalized spacial score (nSPS) is 12.9. The van der Waals surface area contributed by atoms with Gasteiger partial charge in [-0.25, -0.2) is 9.59 Å². The Bertz CT molecular complexity index is 489. The van der Waals surface area contributed by atoms with Crippen molar-refractivity contribution in [3.05, 3.63) is 30.3 Å². The molecule has 0 aliphatic heterocycles. The molecule has 0 fully saturated rings.